The Kier molecular flexibility index (Phi) is 11.5. The average molecular weight is 994 g/mol. The normalized spacial score (nSPS) is 11.9. The van der Waals surface area contributed by atoms with Crippen LogP contribution in [0.1, 0.15) is 55.6 Å². The van der Waals surface area contributed by atoms with Crippen molar-refractivity contribution in [3.05, 3.63) is 238 Å². The molecular formula is C70H54F3N3. The Morgan fingerprint density at radius 3 is 0.974 bits per heavy atom. The van der Waals surface area contributed by atoms with Crippen molar-refractivity contribution in [2.45, 2.75) is 61.6 Å². The monoisotopic (exact) mass is 993 g/mol. The second-order valence-electron chi connectivity index (χ2n) is 21.0. The maximum atomic E-state index is 16.1. The summed E-state index contributed by atoms with van der Waals surface area (Å²) in [6.45, 7) is 16.8. The molecule has 0 amide bonds. The summed E-state index contributed by atoms with van der Waals surface area (Å²) in [7, 11) is 0. The van der Waals surface area contributed by atoms with E-state index < -0.39 is 11.7 Å². The van der Waals surface area contributed by atoms with Crippen LogP contribution in [-0.2, 0) is 6.18 Å². The van der Waals surface area contributed by atoms with Gasteiger partial charge in [0.2, 0.25) is 0 Å². The van der Waals surface area contributed by atoms with E-state index >= 15 is 13.2 Å². The van der Waals surface area contributed by atoms with Crippen molar-refractivity contribution >= 4 is 43.6 Å². The molecule has 0 radical (unpaired) electrons. The van der Waals surface area contributed by atoms with Crippen molar-refractivity contribution in [2.24, 2.45) is 0 Å². The Labute approximate surface area is 441 Å². The van der Waals surface area contributed by atoms with E-state index in [2.05, 4.69) is 207 Å². The van der Waals surface area contributed by atoms with E-state index in [0.29, 0.717) is 28.1 Å². The van der Waals surface area contributed by atoms with Crippen LogP contribution in [0, 0.1) is 66.7 Å². The lowest BCUT2D eigenvalue weighted by Crippen LogP contribution is -2.11. The van der Waals surface area contributed by atoms with Crippen LogP contribution < -0.4 is 0 Å². The van der Waals surface area contributed by atoms with E-state index in [1.54, 1.807) is 12.1 Å². The summed E-state index contributed by atoms with van der Waals surface area (Å²) in [5, 5.41) is 14.1. The van der Waals surface area contributed by atoms with Crippen LogP contribution in [0.4, 0.5) is 13.2 Å². The maximum absolute atomic E-state index is 16.1. The quantitative estimate of drug-likeness (QED) is 0.157. The summed E-state index contributed by atoms with van der Waals surface area (Å²) in [5.41, 5.74) is 22.0. The van der Waals surface area contributed by atoms with Crippen LogP contribution in [0.3, 0.4) is 0 Å². The zero-order valence-electron chi connectivity index (χ0n) is 43.8. The Balaban J connectivity index is 1.22. The molecule has 3 nitrogen and oxygen atoms in total. The van der Waals surface area contributed by atoms with Crippen molar-refractivity contribution in [3.63, 3.8) is 0 Å². The molecule has 0 aliphatic heterocycles. The van der Waals surface area contributed by atoms with Crippen molar-refractivity contribution in [3.8, 4) is 73.1 Å². The number of alkyl halides is 3. The first-order valence-electron chi connectivity index (χ1n) is 25.8. The molecule has 0 bridgehead atoms. The highest BCUT2D eigenvalue weighted by molar-refractivity contribution is 6.14. The molecule has 0 saturated carbocycles. The number of hydrogen-bond donors (Lipinski definition) is 0. The molecule has 0 aliphatic carbocycles. The van der Waals surface area contributed by atoms with Gasteiger partial charge in [0.25, 0.3) is 0 Å². The summed E-state index contributed by atoms with van der Waals surface area (Å²) in [5.74, 6) is 0. The maximum Gasteiger partial charge on any atom is 0.416 e. The van der Waals surface area contributed by atoms with Crippen LogP contribution >= 0.6 is 0 Å². The van der Waals surface area contributed by atoms with Gasteiger partial charge in [-0.05, 0) is 201 Å². The van der Waals surface area contributed by atoms with Gasteiger partial charge in [0, 0.05) is 27.1 Å². The summed E-state index contributed by atoms with van der Waals surface area (Å²) in [4.78, 5) is 0. The molecule has 12 aromatic rings. The molecule has 0 saturated heterocycles. The fourth-order valence-corrected chi connectivity index (χ4v) is 12.0. The van der Waals surface area contributed by atoms with E-state index in [4.69, 9.17) is 0 Å². The smallest absolute Gasteiger partial charge is 0.309 e. The lowest BCUT2D eigenvalue weighted by atomic mass is 9.95. The standard InChI is InChI=1S/C70H54F3N3/c1-40-12-20-55(44(5)28-40)49-16-24-63-59(33-49)60-34-50(56-21-13-41(2)29-45(56)6)17-25-64(60)75(63)67-37-54(70(71,72)73)38-68(69(67)53-11-9-10-48(32-53)39-74)76-65-26-18-51(57-22-14-42(3)30-46(57)7)35-61(65)62-36-52(19-27-66(62)76)58-23-15-43(4)31-47(58)8/h9-38H,1-8H3. The highest BCUT2D eigenvalue weighted by atomic mass is 19.4. The van der Waals surface area contributed by atoms with Gasteiger partial charge in [-0.1, -0.05) is 131 Å². The van der Waals surface area contributed by atoms with E-state index in [-0.39, 0.29) is 0 Å². The third-order valence-corrected chi connectivity index (χ3v) is 15.5. The van der Waals surface area contributed by atoms with Gasteiger partial charge in [-0.3, -0.25) is 0 Å². The first-order valence-corrected chi connectivity index (χ1v) is 25.8. The van der Waals surface area contributed by atoms with Gasteiger partial charge in [0.15, 0.2) is 0 Å². The number of aromatic nitrogens is 2. The Hall–Kier alpha value is -8.92. The summed E-state index contributed by atoms with van der Waals surface area (Å²) in [6.07, 6.45) is -4.74. The molecule has 0 atom stereocenters. The molecule has 0 N–H and O–H groups in total. The van der Waals surface area contributed by atoms with Crippen LogP contribution in [0.5, 0.6) is 0 Å². The average Bonchev–Trinajstić information content (AvgIpc) is 4.13. The van der Waals surface area contributed by atoms with Crippen LogP contribution in [0.15, 0.2) is 182 Å². The van der Waals surface area contributed by atoms with Gasteiger partial charge < -0.3 is 9.13 Å². The third kappa shape index (κ3) is 8.15. The van der Waals surface area contributed by atoms with E-state index in [0.717, 1.165) is 133 Å². The first-order chi connectivity index (χ1) is 36.5. The molecule has 76 heavy (non-hydrogen) atoms. The topological polar surface area (TPSA) is 33.6 Å². The number of fused-ring (bicyclic) bond motifs is 6. The Bertz CT molecular complexity index is 3980. The molecule has 6 heteroatoms. The predicted molar refractivity (Wildman–Crippen MR) is 310 cm³/mol. The van der Waals surface area contributed by atoms with Gasteiger partial charge >= 0.3 is 6.18 Å². The van der Waals surface area contributed by atoms with Crippen molar-refractivity contribution < 1.29 is 13.2 Å². The second-order valence-corrected chi connectivity index (χ2v) is 21.0. The van der Waals surface area contributed by atoms with Gasteiger partial charge in [-0.25, -0.2) is 0 Å². The van der Waals surface area contributed by atoms with Gasteiger partial charge in [-0.2, -0.15) is 18.4 Å². The molecule has 0 fully saturated rings. The minimum absolute atomic E-state index is 0.340. The summed E-state index contributed by atoms with van der Waals surface area (Å²) >= 11 is 0. The molecule has 370 valence electrons. The Morgan fingerprint density at radius 1 is 0.355 bits per heavy atom. The molecule has 0 unspecified atom stereocenters. The lowest BCUT2D eigenvalue weighted by Gasteiger charge is -2.23. The number of nitriles is 1. The minimum atomic E-state index is -4.74. The van der Waals surface area contributed by atoms with Crippen LogP contribution in [0.25, 0.3) is 111 Å². The number of halogens is 3. The van der Waals surface area contributed by atoms with E-state index in [9.17, 15) is 5.26 Å². The number of aryl methyl sites for hydroxylation is 8. The molecule has 2 heterocycles. The number of rotatable bonds is 7. The summed E-state index contributed by atoms with van der Waals surface area (Å²) < 4.78 is 52.3. The van der Waals surface area contributed by atoms with Gasteiger partial charge in [-0.15, -0.1) is 0 Å². The van der Waals surface area contributed by atoms with Crippen molar-refractivity contribution in [1.29, 1.82) is 5.26 Å². The SMILES string of the molecule is Cc1ccc(-c2ccc3c(c2)c2cc(-c4ccc(C)cc4C)ccc2n3-c2cc(C(F)(F)F)cc(-n3c4ccc(-c5ccc(C)cc5C)cc4c4cc(-c5ccc(C)cc5C)ccc43)c2-c2cccc(C#N)c2)c(C)c1. The van der Waals surface area contributed by atoms with E-state index in [1.165, 1.54) is 12.1 Å². The Morgan fingerprint density at radius 2 is 0.684 bits per heavy atom. The predicted octanol–water partition coefficient (Wildman–Crippen LogP) is 19.6. The third-order valence-electron chi connectivity index (χ3n) is 15.5. The van der Waals surface area contributed by atoms with E-state index in [1.807, 2.05) is 21.3 Å². The fourth-order valence-electron chi connectivity index (χ4n) is 12.0. The second kappa shape index (κ2) is 18.2. The lowest BCUT2D eigenvalue weighted by molar-refractivity contribution is -0.137. The van der Waals surface area contributed by atoms with Crippen LogP contribution in [0.2, 0.25) is 0 Å². The largest absolute Gasteiger partial charge is 0.416 e. The van der Waals surface area contributed by atoms with Crippen molar-refractivity contribution in [1.82, 2.24) is 9.13 Å². The highest BCUT2D eigenvalue weighted by Gasteiger charge is 2.35. The minimum Gasteiger partial charge on any atom is -0.309 e. The molecular weight excluding hydrogens is 940 g/mol. The highest BCUT2D eigenvalue weighted by Crippen LogP contribution is 2.48. The molecule has 0 aliphatic rings. The zero-order chi connectivity index (χ0) is 52.9. The molecule has 10 aromatic carbocycles. The zero-order valence-corrected chi connectivity index (χ0v) is 43.8. The number of hydrogen-bond acceptors (Lipinski definition) is 1. The molecule has 2 aromatic heterocycles. The fraction of sp³-hybridized carbons (Fsp3) is 0.129. The number of benzene rings is 10. The van der Waals surface area contributed by atoms with Gasteiger partial charge in [0.1, 0.15) is 0 Å². The molecule has 0 spiro atoms. The van der Waals surface area contributed by atoms with Crippen molar-refractivity contribution in [2.75, 3.05) is 0 Å². The first kappa shape index (κ1) is 48.0. The van der Waals surface area contributed by atoms with Crippen LogP contribution in [-0.4, -0.2) is 9.13 Å². The molecule has 12 rings (SSSR count). The number of nitrogens with zero attached hydrogens (tertiary/aromatic N) is 3. The summed E-state index contributed by atoms with van der Waals surface area (Å²) in [6, 6.07) is 63.2. The van der Waals surface area contributed by atoms with Gasteiger partial charge in [0.05, 0.1) is 50.6 Å².